The summed E-state index contributed by atoms with van der Waals surface area (Å²) in [6, 6.07) is 11.3. The fourth-order valence-electron chi connectivity index (χ4n) is 5.89. The Balaban J connectivity index is 2.03. The minimum Gasteiger partial charge on any atom is -0.119 e. The third-order valence-corrected chi connectivity index (χ3v) is 7.34. The van der Waals surface area contributed by atoms with Gasteiger partial charge in [0, 0.05) is 0 Å². The molecular weight excluding hydrogens is 288 g/mol. The minimum absolute atomic E-state index is 0.0186. The summed E-state index contributed by atoms with van der Waals surface area (Å²) >= 11 is 7.27. The van der Waals surface area contributed by atoms with Gasteiger partial charge in [-0.25, -0.2) is 0 Å². The topological polar surface area (TPSA) is 0 Å². The zero-order valence-corrected chi connectivity index (χ0v) is 15.4. The van der Waals surface area contributed by atoms with Crippen molar-refractivity contribution in [2.45, 2.75) is 76.5 Å². The number of fused-ring (bicyclic) bond motifs is 2. The normalized spacial score (nSPS) is 40.4. The number of rotatable bonds is 3. The largest absolute Gasteiger partial charge is 0.119 e. The molecule has 3 rings (SSSR count). The van der Waals surface area contributed by atoms with Crippen molar-refractivity contribution in [1.29, 1.82) is 0 Å². The van der Waals surface area contributed by atoms with Gasteiger partial charge in [-0.1, -0.05) is 64.4 Å². The molecule has 0 nitrogen and oxygen atoms in total. The molecule has 2 saturated carbocycles. The van der Waals surface area contributed by atoms with Crippen LogP contribution in [0.25, 0.3) is 0 Å². The molecule has 4 unspecified atom stereocenters. The molecule has 1 aromatic rings. The summed E-state index contributed by atoms with van der Waals surface area (Å²) in [7, 11) is 0. The highest BCUT2D eigenvalue weighted by Crippen LogP contribution is 2.63. The molecule has 2 aliphatic carbocycles. The molecule has 0 radical (unpaired) electrons. The fraction of sp³-hybridized carbons (Fsp3) is 0.714. The quantitative estimate of drug-likeness (QED) is 0.553. The second kappa shape index (κ2) is 5.55. The number of benzene rings is 1. The number of hydrogen-bond acceptors (Lipinski definition) is 0. The highest BCUT2D eigenvalue weighted by molar-refractivity contribution is 6.24. The highest BCUT2D eigenvalue weighted by Gasteiger charge is 2.57. The molecule has 0 N–H and O–H groups in total. The van der Waals surface area contributed by atoms with Crippen LogP contribution >= 0.6 is 11.6 Å². The summed E-state index contributed by atoms with van der Waals surface area (Å²) in [6.07, 6.45) is 7.50. The first-order valence-electron chi connectivity index (χ1n) is 9.06. The predicted molar refractivity (Wildman–Crippen MR) is 96.5 cm³/mol. The van der Waals surface area contributed by atoms with Gasteiger partial charge in [0.1, 0.15) is 0 Å². The van der Waals surface area contributed by atoms with Crippen LogP contribution in [0.2, 0.25) is 0 Å². The first-order chi connectivity index (χ1) is 10.3. The van der Waals surface area contributed by atoms with Gasteiger partial charge in [-0.2, -0.15) is 0 Å². The van der Waals surface area contributed by atoms with Crippen molar-refractivity contribution in [1.82, 2.24) is 0 Å². The van der Waals surface area contributed by atoms with Crippen LogP contribution in [0, 0.1) is 17.3 Å². The van der Waals surface area contributed by atoms with Crippen molar-refractivity contribution in [3.63, 3.8) is 0 Å². The molecule has 2 bridgehead atoms. The van der Waals surface area contributed by atoms with Crippen LogP contribution in [0.5, 0.6) is 0 Å². The summed E-state index contributed by atoms with van der Waals surface area (Å²) in [5.74, 6) is 1.26. The maximum absolute atomic E-state index is 7.27. The Hall–Kier alpha value is -0.490. The smallest absolute Gasteiger partial charge is 0.0501 e. The summed E-state index contributed by atoms with van der Waals surface area (Å²) in [6.45, 7) is 9.60. The molecule has 2 aliphatic rings. The van der Waals surface area contributed by atoms with E-state index in [0.29, 0.717) is 22.7 Å². The molecule has 22 heavy (non-hydrogen) atoms. The number of halogens is 1. The molecular formula is C21H31Cl. The molecule has 1 aromatic carbocycles. The molecule has 0 aliphatic heterocycles. The van der Waals surface area contributed by atoms with Gasteiger partial charge < -0.3 is 0 Å². The van der Waals surface area contributed by atoms with Crippen molar-refractivity contribution < 1.29 is 0 Å². The van der Waals surface area contributed by atoms with E-state index in [1.54, 1.807) is 5.56 Å². The number of hydrogen-bond donors (Lipinski definition) is 0. The van der Waals surface area contributed by atoms with Gasteiger partial charge in [-0.15, -0.1) is 11.6 Å². The molecule has 0 amide bonds. The van der Waals surface area contributed by atoms with E-state index >= 15 is 0 Å². The Morgan fingerprint density at radius 1 is 1.09 bits per heavy atom. The van der Waals surface area contributed by atoms with Crippen molar-refractivity contribution in [2.75, 3.05) is 0 Å². The van der Waals surface area contributed by atoms with Crippen LogP contribution in [0.1, 0.15) is 71.8 Å². The van der Waals surface area contributed by atoms with Crippen LogP contribution in [0.15, 0.2) is 30.3 Å². The molecule has 4 atom stereocenters. The van der Waals surface area contributed by atoms with Crippen LogP contribution in [-0.4, -0.2) is 4.87 Å². The molecule has 0 saturated heterocycles. The van der Waals surface area contributed by atoms with Gasteiger partial charge in [0.2, 0.25) is 0 Å². The average molecular weight is 319 g/mol. The summed E-state index contributed by atoms with van der Waals surface area (Å²) < 4.78 is 0. The van der Waals surface area contributed by atoms with Crippen LogP contribution in [0.4, 0.5) is 0 Å². The predicted octanol–water partition coefficient (Wildman–Crippen LogP) is 6.57. The van der Waals surface area contributed by atoms with Gasteiger partial charge >= 0.3 is 0 Å². The number of alkyl halides is 1. The SMILES string of the molecule is CCCC1(Cl)C(C)CC2(c3ccccc3)CC1CC(C)(C)C2. The van der Waals surface area contributed by atoms with E-state index in [4.69, 9.17) is 11.6 Å². The van der Waals surface area contributed by atoms with Gasteiger partial charge in [-0.05, 0) is 60.3 Å². The van der Waals surface area contributed by atoms with E-state index in [1.165, 1.54) is 38.5 Å². The van der Waals surface area contributed by atoms with E-state index in [9.17, 15) is 0 Å². The lowest BCUT2D eigenvalue weighted by molar-refractivity contribution is -0.00371. The van der Waals surface area contributed by atoms with Crippen molar-refractivity contribution >= 4 is 11.6 Å². The van der Waals surface area contributed by atoms with E-state index in [1.807, 2.05) is 0 Å². The zero-order chi connectivity index (χ0) is 16.0. The summed E-state index contributed by atoms with van der Waals surface area (Å²) in [5.41, 5.74) is 2.29. The lowest BCUT2D eigenvalue weighted by Crippen LogP contribution is -2.56. The Labute approximate surface area is 141 Å². The van der Waals surface area contributed by atoms with E-state index < -0.39 is 0 Å². The molecule has 0 heterocycles. The van der Waals surface area contributed by atoms with Gasteiger partial charge in [0.15, 0.2) is 0 Å². The van der Waals surface area contributed by atoms with E-state index in [0.717, 1.165) is 0 Å². The first-order valence-corrected chi connectivity index (χ1v) is 9.44. The third-order valence-electron chi connectivity index (χ3n) is 6.47. The van der Waals surface area contributed by atoms with Crippen LogP contribution in [-0.2, 0) is 5.41 Å². The lowest BCUT2D eigenvalue weighted by Gasteiger charge is -2.60. The minimum atomic E-state index is 0.0186. The molecule has 0 spiro atoms. The second-order valence-electron chi connectivity index (χ2n) is 8.87. The van der Waals surface area contributed by atoms with Crippen molar-refractivity contribution in [3.05, 3.63) is 35.9 Å². The van der Waals surface area contributed by atoms with Crippen LogP contribution in [0.3, 0.4) is 0 Å². The molecule has 2 fully saturated rings. The third kappa shape index (κ3) is 2.62. The Bertz CT molecular complexity index is 516. The maximum atomic E-state index is 7.27. The van der Waals surface area contributed by atoms with E-state index in [2.05, 4.69) is 58.0 Å². The molecule has 122 valence electrons. The Kier molecular flexibility index (Phi) is 4.13. The van der Waals surface area contributed by atoms with Gasteiger partial charge in [-0.3, -0.25) is 0 Å². The Morgan fingerprint density at radius 2 is 1.77 bits per heavy atom. The molecule has 0 aromatic heterocycles. The fourth-order valence-corrected chi connectivity index (χ4v) is 6.31. The van der Waals surface area contributed by atoms with Gasteiger partial charge in [0.05, 0.1) is 4.87 Å². The Morgan fingerprint density at radius 3 is 2.41 bits per heavy atom. The molecule has 1 heteroatoms. The van der Waals surface area contributed by atoms with Crippen LogP contribution < -0.4 is 0 Å². The lowest BCUT2D eigenvalue weighted by atomic mass is 9.47. The standard InChI is InChI=1S/C21H31Cl/c1-5-11-21(22)16(2)12-20(17-9-7-6-8-10-17)14-18(21)13-19(3,4)15-20/h6-10,16,18H,5,11-15H2,1-4H3. The van der Waals surface area contributed by atoms with Gasteiger partial charge in [0.25, 0.3) is 0 Å². The summed E-state index contributed by atoms with van der Waals surface area (Å²) in [4.78, 5) is 0.0186. The first kappa shape index (κ1) is 16.4. The monoisotopic (exact) mass is 318 g/mol. The highest BCUT2D eigenvalue weighted by atomic mass is 35.5. The van der Waals surface area contributed by atoms with Crippen molar-refractivity contribution in [3.8, 4) is 0 Å². The second-order valence-corrected chi connectivity index (χ2v) is 9.58. The zero-order valence-electron chi connectivity index (χ0n) is 14.7. The summed E-state index contributed by atoms with van der Waals surface area (Å²) in [5, 5.41) is 0. The van der Waals surface area contributed by atoms with E-state index in [-0.39, 0.29) is 4.87 Å². The maximum Gasteiger partial charge on any atom is 0.0501 e. The van der Waals surface area contributed by atoms with Crippen molar-refractivity contribution in [2.24, 2.45) is 17.3 Å². The average Bonchev–Trinajstić information content (AvgIpc) is 2.45.